The molecule has 0 saturated heterocycles. The fraction of sp³-hybridized carbons (Fsp3) is 0.158. The zero-order valence-corrected chi connectivity index (χ0v) is 14.2. The summed E-state index contributed by atoms with van der Waals surface area (Å²) in [4.78, 5) is 24.6. The molecule has 2 aromatic rings. The Labute approximate surface area is 149 Å². The normalized spacial score (nSPS) is 16.6. The summed E-state index contributed by atoms with van der Waals surface area (Å²) in [5, 5.41) is 5.21. The molecule has 1 unspecified atom stereocenters. The topological polar surface area (TPSA) is 76.7 Å². The van der Waals surface area contributed by atoms with E-state index in [1.165, 1.54) is 32.4 Å². The molecule has 134 valence electrons. The van der Waals surface area contributed by atoms with Crippen molar-refractivity contribution in [2.24, 2.45) is 0 Å². The van der Waals surface area contributed by atoms with E-state index in [2.05, 4.69) is 10.6 Å². The summed E-state index contributed by atoms with van der Waals surface area (Å²) in [5.41, 5.74) is 1.12. The first-order valence-electron chi connectivity index (χ1n) is 7.84. The van der Waals surface area contributed by atoms with Gasteiger partial charge >= 0.3 is 12.0 Å². The summed E-state index contributed by atoms with van der Waals surface area (Å²) in [6.45, 7) is 0. The molecular formula is C19H17FN2O4. The molecule has 7 heteroatoms. The molecule has 6 nitrogen and oxygen atoms in total. The van der Waals surface area contributed by atoms with Crippen LogP contribution >= 0.6 is 0 Å². The molecule has 0 fully saturated rings. The van der Waals surface area contributed by atoms with Crippen LogP contribution in [0.4, 0.5) is 9.18 Å². The van der Waals surface area contributed by atoms with Crippen LogP contribution in [0.25, 0.3) is 5.70 Å². The van der Waals surface area contributed by atoms with E-state index in [0.29, 0.717) is 11.3 Å². The number of halogens is 1. The molecule has 1 atom stereocenters. The van der Waals surface area contributed by atoms with Gasteiger partial charge in [0.15, 0.2) is 0 Å². The molecule has 0 aromatic heterocycles. The molecule has 0 spiro atoms. The molecule has 0 saturated carbocycles. The van der Waals surface area contributed by atoms with Crippen LogP contribution < -0.4 is 15.4 Å². The fourth-order valence-electron chi connectivity index (χ4n) is 2.82. The summed E-state index contributed by atoms with van der Waals surface area (Å²) in [5.74, 6) is -0.577. The lowest BCUT2D eigenvalue weighted by Gasteiger charge is -2.29. The molecule has 1 heterocycles. The highest BCUT2D eigenvalue weighted by Gasteiger charge is 2.35. The number of amides is 2. The highest BCUT2D eigenvalue weighted by molar-refractivity contribution is 6.04. The lowest BCUT2D eigenvalue weighted by molar-refractivity contribution is -0.136. The standard InChI is InChI=1S/C19H17FN2O4/c1-25-12-9-7-11(8-10-12)16-15(18(23)26-2)17(22-19(24)21-16)13-5-3-4-6-14(13)20/h3-10,17H,1-2H3,(H2,21,22,24). The summed E-state index contributed by atoms with van der Waals surface area (Å²) >= 11 is 0. The number of carbonyl (C=O) groups is 2. The molecule has 0 radical (unpaired) electrons. The second-order valence-corrected chi connectivity index (χ2v) is 5.56. The number of rotatable bonds is 4. The summed E-state index contributed by atoms with van der Waals surface area (Å²) in [6.07, 6.45) is 0. The van der Waals surface area contributed by atoms with E-state index in [9.17, 15) is 14.0 Å². The first kappa shape index (κ1) is 17.5. The van der Waals surface area contributed by atoms with Crippen molar-refractivity contribution >= 4 is 17.7 Å². The molecule has 0 aliphatic carbocycles. The molecule has 3 rings (SSSR count). The van der Waals surface area contributed by atoms with Crippen molar-refractivity contribution in [3.05, 3.63) is 71.0 Å². The molecule has 26 heavy (non-hydrogen) atoms. The van der Waals surface area contributed by atoms with Crippen LogP contribution in [0.3, 0.4) is 0 Å². The third-order valence-corrected chi connectivity index (χ3v) is 4.07. The maximum atomic E-state index is 14.3. The number of ether oxygens (including phenoxy) is 2. The minimum Gasteiger partial charge on any atom is -0.497 e. The third kappa shape index (κ3) is 3.23. The monoisotopic (exact) mass is 356 g/mol. The quantitative estimate of drug-likeness (QED) is 0.826. The van der Waals surface area contributed by atoms with Crippen LogP contribution in [0.2, 0.25) is 0 Å². The summed E-state index contributed by atoms with van der Waals surface area (Å²) < 4.78 is 24.3. The average Bonchev–Trinajstić information content (AvgIpc) is 2.67. The molecule has 1 aliphatic heterocycles. The Kier molecular flexibility index (Phi) is 4.88. The van der Waals surface area contributed by atoms with E-state index >= 15 is 0 Å². The first-order chi connectivity index (χ1) is 12.5. The number of hydrogen-bond acceptors (Lipinski definition) is 4. The highest BCUT2D eigenvalue weighted by Crippen LogP contribution is 2.33. The van der Waals surface area contributed by atoms with Gasteiger partial charge in [-0.05, 0) is 35.9 Å². The third-order valence-electron chi connectivity index (χ3n) is 4.07. The van der Waals surface area contributed by atoms with Crippen molar-refractivity contribution in [3.63, 3.8) is 0 Å². The van der Waals surface area contributed by atoms with Gasteiger partial charge in [0.25, 0.3) is 0 Å². The predicted octanol–water partition coefficient (Wildman–Crippen LogP) is 2.77. The number of methoxy groups -OCH3 is 2. The molecular weight excluding hydrogens is 339 g/mol. The zero-order chi connectivity index (χ0) is 18.7. The molecule has 2 amide bonds. The number of carbonyl (C=O) groups excluding carboxylic acids is 2. The average molecular weight is 356 g/mol. The van der Waals surface area contributed by atoms with E-state index in [1.807, 2.05) is 0 Å². The van der Waals surface area contributed by atoms with Crippen LogP contribution in [0.5, 0.6) is 5.75 Å². The van der Waals surface area contributed by atoms with Gasteiger partial charge in [0.1, 0.15) is 11.6 Å². The van der Waals surface area contributed by atoms with Crippen molar-refractivity contribution < 1.29 is 23.5 Å². The number of esters is 1. The number of benzene rings is 2. The van der Waals surface area contributed by atoms with Crippen LogP contribution in [0.1, 0.15) is 17.2 Å². The molecule has 1 aliphatic rings. The van der Waals surface area contributed by atoms with Gasteiger partial charge in [0.2, 0.25) is 0 Å². The first-order valence-corrected chi connectivity index (χ1v) is 7.84. The van der Waals surface area contributed by atoms with Crippen molar-refractivity contribution in [1.29, 1.82) is 0 Å². The van der Waals surface area contributed by atoms with Crippen molar-refractivity contribution in [3.8, 4) is 5.75 Å². The smallest absolute Gasteiger partial charge is 0.338 e. The second kappa shape index (κ2) is 7.26. The van der Waals surface area contributed by atoms with Gasteiger partial charge in [0, 0.05) is 5.56 Å². The number of urea groups is 1. The Bertz CT molecular complexity index is 877. The lowest BCUT2D eigenvalue weighted by Crippen LogP contribution is -2.45. The van der Waals surface area contributed by atoms with Gasteiger partial charge in [-0.3, -0.25) is 0 Å². The maximum Gasteiger partial charge on any atom is 0.338 e. The van der Waals surface area contributed by atoms with Gasteiger partial charge < -0.3 is 20.1 Å². The van der Waals surface area contributed by atoms with Gasteiger partial charge in [-0.15, -0.1) is 0 Å². The Morgan fingerprint density at radius 3 is 2.38 bits per heavy atom. The van der Waals surface area contributed by atoms with E-state index in [0.717, 1.165) is 0 Å². The van der Waals surface area contributed by atoms with Crippen LogP contribution in [-0.2, 0) is 9.53 Å². The zero-order valence-electron chi connectivity index (χ0n) is 14.2. The second-order valence-electron chi connectivity index (χ2n) is 5.56. The largest absolute Gasteiger partial charge is 0.497 e. The molecule has 0 bridgehead atoms. The van der Waals surface area contributed by atoms with Crippen molar-refractivity contribution in [1.82, 2.24) is 10.6 Å². The maximum absolute atomic E-state index is 14.3. The van der Waals surface area contributed by atoms with Crippen LogP contribution in [-0.4, -0.2) is 26.2 Å². The van der Waals surface area contributed by atoms with Gasteiger partial charge in [-0.1, -0.05) is 18.2 Å². The Morgan fingerprint density at radius 1 is 1.08 bits per heavy atom. The van der Waals surface area contributed by atoms with Crippen LogP contribution in [0, 0.1) is 5.82 Å². The van der Waals surface area contributed by atoms with E-state index < -0.39 is 23.9 Å². The Hall–Kier alpha value is -3.35. The highest BCUT2D eigenvalue weighted by atomic mass is 19.1. The van der Waals surface area contributed by atoms with Gasteiger partial charge in [-0.25, -0.2) is 14.0 Å². The fourth-order valence-corrected chi connectivity index (χ4v) is 2.82. The molecule has 2 N–H and O–H groups in total. The molecule has 2 aromatic carbocycles. The number of hydrogen-bond donors (Lipinski definition) is 2. The van der Waals surface area contributed by atoms with Gasteiger partial charge in [-0.2, -0.15) is 0 Å². The predicted molar refractivity (Wildman–Crippen MR) is 92.7 cm³/mol. The van der Waals surface area contributed by atoms with Crippen LogP contribution in [0.15, 0.2) is 54.1 Å². The lowest BCUT2D eigenvalue weighted by atomic mass is 9.92. The van der Waals surface area contributed by atoms with Crippen molar-refractivity contribution in [2.45, 2.75) is 6.04 Å². The minimum absolute atomic E-state index is 0.113. The minimum atomic E-state index is -0.977. The van der Waals surface area contributed by atoms with E-state index in [1.54, 1.807) is 30.3 Å². The van der Waals surface area contributed by atoms with Crippen molar-refractivity contribution in [2.75, 3.05) is 14.2 Å². The van der Waals surface area contributed by atoms with Gasteiger partial charge in [0.05, 0.1) is 31.5 Å². The summed E-state index contributed by atoms with van der Waals surface area (Å²) in [6, 6.07) is 11.2. The van der Waals surface area contributed by atoms with E-state index in [-0.39, 0.29) is 16.8 Å². The summed E-state index contributed by atoms with van der Waals surface area (Å²) in [7, 11) is 2.77. The van der Waals surface area contributed by atoms with E-state index in [4.69, 9.17) is 9.47 Å². The SMILES string of the molecule is COC(=O)C1=C(c2ccc(OC)cc2)NC(=O)NC1c1ccccc1F. The Morgan fingerprint density at radius 2 is 1.77 bits per heavy atom. The number of nitrogens with one attached hydrogen (secondary N) is 2. The Balaban J connectivity index is 2.19.